The largest absolute Gasteiger partial charge is 0.505 e. The maximum absolute atomic E-state index is 9.49. The summed E-state index contributed by atoms with van der Waals surface area (Å²) in [5, 5.41) is 11.1. The van der Waals surface area contributed by atoms with E-state index >= 15 is 0 Å². The molecule has 0 amide bonds. The molecule has 7 heteroatoms. The number of hydrogen-bond acceptors (Lipinski definition) is 6. The van der Waals surface area contributed by atoms with Crippen molar-refractivity contribution in [2.24, 2.45) is 0 Å². The summed E-state index contributed by atoms with van der Waals surface area (Å²) in [6.45, 7) is 0. The average molecular weight is 308 g/mol. The van der Waals surface area contributed by atoms with Crippen molar-refractivity contribution in [3.63, 3.8) is 0 Å². The first kappa shape index (κ1) is 13.4. The second-order valence-corrected chi connectivity index (χ2v) is 5.02. The van der Waals surface area contributed by atoms with E-state index in [9.17, 15) is 5.11 Å². The summed E-state index contributed by atoms with van der Waals surface area (Å²) in [7, 11) is 5.43. The van der Waals surface area contributed by atoms with Crippen LogP contribution in [0.3, 0.4) is 0 Å². The van der Waals surface area contributed by atoms with Gasteiger partial charge in [0, 0.05) is 21.1 Å². The number of phenolic OH excluding ortho intramolecular Hbond substituents is 1. The van der Waals surface area contributed by atoms with Crippen LogP contribution in [0.2, 0.25) is 0 Å². The molecule has 0 radical (unpaired) electrons. The van der Waals surface area contributed by atoms with Crippen LogP contribution < -0.4 is 10.0 Å². The van der Waals surface area contributed by atoms with Gasteiger partial charge < -0.3 is 10.8 Å². The van der Waals surface area contributed by atoms with Gasteiger partial charge in [-0.15, -0.1) is 0 Å². The van der Waals surface area contributed by atoms with Crippen molar-refractivity contribution in [3.05, 3.63) is 16.6 Å². The van der Waals surface area contributed by atoms with Crippen LogP contribution in [0.25, 0.3) is 0 Å². The molecule has 90 valence electrons. The van der Waals surface area contributed by atoms with Crippen molar-refractivity contribution in [1.82, 2.24) is 5.06 Å². The molecular formula is C9H14BrN3O2S. The minimum absolute atomic E-state index is 0.0516. The van der Waals surface area contributed by atoms with Crippen molar-refractivity contribution >= 4 is 39.5 Å². The molecule has 16 heavy (non-hydrogen) atoms. The molecule has 1 aromatic carbocycles. The predicted octanol–water partition coefficient (Wildman–Crippen LogP) is 2.23. The summed E-state index contributed by atoms with van der Waals surface area (Å²) >= 11 is 4.39. The monoisotopic (exact) mass is 307 g/mol. The van der Waals surface area contributed by atoms with Gasteiger partial charge in [0.1, 0.15) is 12.2 Å². The Bertz CT molecular complexity index is 353. The summed E-state index contributed by atoms with van der Waals surface area (Å²) < 4.78 is 7.57. The molecule has 1 aromatic rings. The van der Waals surface area contributed by atoms with E-state index in [0.29, 0.717) is 10.2 Å². The third kappa shape index (κ3) is 3.44. The number of phenols is 1. The Hall–Kier alpha value is -0.630. The summed E-state index contributed by atoms with van der Waals surface area (Å²) in [5.74, 6) is 0.0516. The first-order valence-corrected chi connectivity index (χ1v) is 5.94. The molecule has 0 aliphatic carbocycles. The topological polar surface area (TPSA) is 62.0 Å². The van der Waals surface area contributed by atoms with Crippen LogP contribution in [0.4, 0.5) is 11.4 Å². The van der Waals surface area contributed by atoms with Gasteiger partial charge in [-0.1, -0.05) is 0 Å². The maximum Gasteiger partial charge on any atom is 0.152 e. The number of nitrogens with zero attached hydrogens (tertiary/aromatic N) is 2. The first-order chi connectivity index (χ1) is 7.41. The van der Waals surface area contributed by atoms with E-state index in [1.54, 1.807) is 35.6 Å². The van der Waals surface area contributed by atoms with Gasteiger partial charge in [-0.05, 0) is 28.1 Å². The van der Waals surface area contributed by atoms with Crippen molar-refractivity contribution in [2.75, 3.05) is 31.2 Å². The zero-order chi connectivity index (χ0) is 12.3. The van der Waals surface area contributed by atoms with E-state index in [2.05, 4.69) is 15.9 Å². The molecule has 0 atom stereocenters. The van der Waals surface area contributed by atoms with Crippen molar-refractivity contribution in [3.8, 4) is 5.75 Å². The molecule has 0 aromatic heterocycles. The van der Waals surface area contributed by atoms with Crippen LogP contribution in [0.1, 0.15) is 0 Å². The molecule has 5 nitrogen and oxygen atoms in total. The number of anilines is 2. The molecule has 0 unspecified atom stereocenters. The predicted molar refractivity (Wildman–Crippen MR) is 71.0 cm³/mol. The van der Waals surface area contributed by atoms with E-state index in [4.69, 9.17) is 10.0 Å². The standard InChI is InChI=1S/C9H14BrN3O2S/c1-12(2)15-16-13(3)6-4-7(10)9(14)8(11)5-6/h4-5,14H,11H2,1-3H3. The number of benzene rings is 1. The number of aromatic hydroxyl groups is 1. The molecule has 0 fully saturated rings. The molecule has 3 N–H and O–H groups in total. The minimum atomic E-state index is 0.0516. The highest BCUT2D eigenvalue weighted by Crippen LogP contribution is 2.36. The molecule has 0 saturated carbocycles. The number of hydroxylamine groups is 2. The number of nitrogens with two attached hydrogens (primary N) is 1. The maximum atomic E-state index is 9.49. The Morgan fingerprint density at radius 1 is 1.38 bits per heavy atom. The summed E-state index contributed by atoms with van der Waals surface area (Å²) in [6.07, 6.45) is 0. The molecule has 1 rings (SSSR count). The van der Waals surface area contributed by atoms with Crippen molar-refractivity contribution in [2.45, 2.75) is 0 Å². The molecule has 0 heterocycles. The zero-order valence-electron chi connectivity index (χ0n) is 9.27. The molecule has 0 spiro atoms. The van der Waals surface area contributed by atoms with Gasteiger partial charge in [-0.2, -0.15) is 5.06 Å². The Morgan fingerprint density at radius 3 is 2.50 bits per heavy atom. The molecular weight excluding hydrogens is 294 g/mol. The fourth-order valence-corrected chi connectivity index (χ4v) is 1.84. The fourth-order valence-electron chi connectivity index (χ4n) is 0.947. The highest BCUT2D eigenvalue weighted by molar-refractivity contribution is 9.10. The number of hydrogen-bond donors (Lipinski definition) is 2. The highest BCUT2D eigenvalue weighted by Gasteiger charge is 2.09. The number of halogens is 1. The fraction of sp³-hybridized carbons (Fsp3) is 0.333. The van der Waals surface area contributed by atoms with E-state index in [-0.39, 0.29) is 5.75 Å². The van der Waals surface area contributed by atoms with Gasteiger partial charge >= 0.3 is 0 Å². The number of rotatable bonds is 4. The van der Waals surface area contributed by atoms with E-state index < -0.39 is 0 Å². The Kier molecular flexibility index (Phi) is 4.72. The third-order valence-electron chi connectivity index (χ3n) is 1.74. The number of nitrogen functional groups attached to an aromatic ring is 1. The van der Waals surface area contributed by atoms with Crippen molar-refractivity contribution < 1.29 is 9.39 Å². The average Bonchev–Trinajstić information content (AvgIpc) is 2.21. The first-order valence-electron chi connectivity index (χ1n) is 4.45. The lowest BCUT2D eigenvalue weighted by atomic mass is 10.2. The smallest absolute Gasteiger partial charge is 0.152 e. The van der Waals surface area contributed by atoms with Gasteiger partial charge in [0.15, 0.2) is 5.75 Å². The Balaban J connectivity index is 2.80. The van der Waals surface area contributed by atoms with Crippen LogP contribution in [-0.2, 0) is 4.28 Å². The van der Waals surface area contributed by atoms with Gasteiger partial charge in [0.05, 0.1) is 15.8 Å². The second kappa shape index (κ2) is 5.62. The lowest BCUT2D eigenvalue weighted by Crippen LogP contribution is -2.14. The zero-order valence-corrected chi connectivity index (χ0v) is 11.7. The minimum Gasteiger partial charge on any atom is -0.505 e. The van der Waals surface area contributed by atoms with Gasteiger partial charge in [-0.25, -0.2) is 4.28 Å². The van der Waals surface area contributed by atoms with E-state index in [1.165, 1.54) is 0 Å². The van der Waals surface area contributed by atoms with E-state index in [1.807, 2.05) is 7.05 Å². The van der Waals surface area contributed by atoms with E-state index in [0.717, 1.165) is 17.9 Å². The summed E-state index contributed by atoms with van der Waals surface area (Å²) in [4.78, 5) is 0. The lowest BCUT2D eigenvalue weighted by Gasteiger charge is -2.19. The van der Waals surface area contributed by atoms with Crippen LogP contribution in [-0.4, -0.2) is 31.3 Å². The van der Waals surface area contributed by atoms with Gasteiger partial charge in [-0.3, -0.25) is 4.31 Å². The Labute approximate surface area is 108 Å². The lowest BCUT2D eigenvalue weighted by molar-refractivity contribution is 0.0230. The van der Waals surface area contributed by atoms with Crippen LogP contribution in [0.15, 0.2) is 16.6 Å². The summed E-state index contributed by atoms with van der Waals surface area (Å²) in [6, 6.07) is 3.43. The van der Waals surface area contributed by atoms with Crippen LogP contribution in [0.5, 0.6) is 5.75 Å². The quantitative estimate of drug-likeness (QED) is 0.292. The SMILES string of the molecule is CN(C)OSN(C)c1cc(N)c(O)c(Br)c1. The van der Waals surface area contributed by atoms with Gasteiger partial charge in [0.2, 0.25) is 0 Å². The molecule has 0 aliphatic rings. The van der Waals surface area contributed by atoms with Crippen LogP contribution in [0, 0.1) is 0 Å². The normalized spacial score (nSPS) is 10.8. The third-order valence-corrected chi connectivity index (χ3v) is 3.14. The van der Waals surface area contributed by atoms with Gasteiger partial charge in [0.25, 0.3) is 0 Å². The second-order valence-electron chi connectivity index (χ2n) is 3.32. The molecule has 0 aliphatic heterocycles. The molecule has 0 saturated heterocycles. The highest BCUT2D eigenvalue weighted by atomic mass is 79.9. The Morgan fingerprint density at radius 2 is 2.00 bits per heavy atom. The van der Waals surface area contributed by atoms with Crippen LogP contribution >= 0.6 is 28.2 Å². The summed E-state index contributed by atoms with van der Waals surface area (Å²) in [5.41, 5.74) is 6.80. The van der Waals surface area contributed by atoms with Crippen molar-refractivity contribution in [1.29, 1.82) is 0 Å². The molecule has 0 bridgehead atoms.